The number of fused-ring (bicyclic) bond motifs is 1. The fourth-order valence-electron chi connectivity index (χ4n) is 2.61. The van der Waals surface area contributed by atoms with Gasteiger partial charge in [0.25, 0.3) is 5.91 Å². The summed E-state index contributed by atoms with van der Waals surface area (Å²) in [5.41, 5.74) is 1.67. The highest BCUT2D eigenvalue weighted by Gasteiger charge is 2.19. The maximum atomic E-state index is 12.4. The zero-order valence-corrected chi connectivity index (χ0v) is 14.2. The molecular weight excluding hydrogens is 312 g/mol. The molecule has 0 saturated carbocycles. The summed E-state index contributed by atoms with van der Waals surface area (Å²) < 4.78 is 11.1. The Morgan fingerprint density at radius 3 is 2.74 bits per heavy atom. The quantitative estimate of drug-likeness (QED) is 0.876. The first-order valence-electron chi connectivity index (χ1n) is 7.90. The molecule has 1 aliphatic rings. The molecule has 0 radical (unpaired) electrons. The zero-order valence-electron chi connectivity index (χ0n) is 13.3. The minimum Gasteiger partial charge on any atom is -0.490 e. The van der Waals surface area contributed by atoms with Crippen molar-refractivity contribution >= 4 is 22.4 Å². The van der Waals surface area contributed by atoms with Crippen LogP contribution < -0.4 is 14.8 Å². The van der Waals surface area contributed by atoms with Crippen molar-refractivity contribution in [2.75, 3.05) is 18.5 Å². The third kappa shape index (κ3) is 3.47. The van der Waals surface area contributed by atoms with Crippen molar-refractivity contribution < 1.29 is 14.3 Å². The van der Waals surface area contributed by atoms with E-state index in [1.807, 2.05) is 13.8 Å². The van der Waals surface area contributed by atoms with Gasteiger partial charge in [-0.1, -0.05) is 0 Å². The van der Waals surface area contributed by atoms with Crippen LogP contribution in [0.4, 0.5) is 5.13 Å². The van der Waals surface area contributed by atoms with Crippen molar-refractivity contribution in [2.24, 2.45) is 0 Å². The number of carbonyl (C=O) groups excluding carboxylic acids is 1. The highest BCUT2D eigenvalue weighted by molar-refractivity contribution is 7.15. The molecule has 122 valence electrons. The van der Waals surface area contributed by atoms with E-state index in [-0.39, 0.29) is 5.91 Å². The molecule has 23 heavy (non-hydrogen) atoms. The topological polar surface area (TPSA) is 60.5 Å². The van der Waals surface area contributed by atoms with Crippen molar-refractivity contribution in [3.05, 3.63) is 34.3 Å². The second kappa shape index (κ2) is 7.00. The number of hydrogen-bond donors (Lipinski definition) is 1. The molecule has 0 bridgehead atoms. The Balaban J connectivity index is 1.76. The van der Waals surface area contributed by atoms with Gasteiger partial charge in [-0.25, -0.2) is 4.98 Å². The van der Waals surface area contributed by atoms with Gasteiger partial charge in [-0.2, -0.15) is 0 Å². The van der Waals surface area contributed by atoms with E-state index < -0.39 is 0 Å². The van der Waals surface area contributed by atoms with Crippen LogP contribution in [0, 0.1) is 0 Å². The number of aromatic nitrogens is 1. The van der Waals surface area contributed by atoms with Gasteiger partial charge in [0.15, 0.2) is 16.6 Å². The SMILES string of the molecule is CCOc1ccc(C(=O)Nc2nc3c(s2)CCC3)cc1OCC. The third-order valence-corrected chi connectivity index (χ3v) is 4.69. The molecule has 1 heterocycles. The summed E-state index contributed by atoms with van der Waals surface area (Å²) in [5.74, 6) is 1.06. The van der Waals surface area contributed by atoms with E-state index in [2.05, 4.69) is 10.3 Å². The van der Waals surface area contributed by atoms with Crippen LogP contribution in [-0.4, -0.2) is 24.1 Å². The highest BCUT2D eigenvalue weighted by Crippen LogP contribution is 2.32. The third-order valence-electron chi connectivity index (χ3n) is 3.62. The number of ether oxygens (including phenoxy) is 2. The van der Waals surface area contributed by atoms with Crippen LogP contribution in [0.1, 0.15) is 41.2 Å². The van der Waals surface area contributed by atoms with E-state index >= 15 is 0 Å². The van der Waals surface area contributed by atoms with Gasteiger partial charge in [-0.15, -0.1) is 11.3 Å². The molecule has 1 aromatic heterocycles. The second-order valence-electron chi connectivity index (χ2n) is 5.22. The zero-order chi connectivity index (χ0) is 16.2. The first kappa shape index (κ1) is 15.8. The fourth-order valence-corrected chi connectivity index (χ4v) is 3.65. The average Bonchev–Trinajstić information content (AvgIpc) is 3.10. The summed E-state index contributed by atoms with van der Waals surface area (Å²) in [6.07, 6.45) is 3.25. The van der Waals surface area contributed by atoms with Gasteiger partial charge in [0.05, 0.1) is 18.9 Å². The van der Waals surface area contributed by atoms with E-state index in [9.17, 15) is 4.79 Å². The Morgan fingerprint density at radius 1 is 1.22 bits per heavy atom. The number of aryl methyl sites for hydroxylation is 2. The number of nitrogens with one attached hydrogen (secondary N) is 1. The smallest absolute Gasteiger partial charge is 0.257 e. The molecule has 0 aliphatic heterocycles. The molecule has 0 spiro atoms. The van der Waals surface area contributed by atoms with Gasteiger partial charge in [-0.3, -0.25) is 10.1 Å². The molecule has 3 rings (SSSR count). The Bertz CT molecular complexity index is 690. The van der Waals surface area contributed by atoms with Crippen LogP contribution in [0.2, 0.25) is 0 Å². The van der Waals surface area contributed by atoms with Crippen LogP contribution >= 0.6 is 11.3 Å². The maximum Gasteiger partial charge on any atom is 0.257 e. The van der Waals surface area contributed by atoms with Gasteiger partial charge in [0, 0.05) is 10.4 Å². The molecule has 0 unspecified atom stereocenters. The molecular formula is C17H20N2O3S. The second-order valence-corrected chi connectivity index (χ2v) is 6.31. The largest absolute Gasteiger partial charge is 0.490 e. The van der Waals surface area contributed by atoms with Gasteiger partial charge in [0.2, 0.25) is 0 Å². The van der Waals surface area contributed by atoms with Crippen molar-refractivity contribution in [1.82, 2.24) is 4.98 Å². The molecule has 6 heteroatoms. The van der Waals surface area contributed by atoms with Crippen LogP contribution in [0.3, 0.4) is 0 Å². The number of benzene rings is 1. The van der Waals surface area contributed by atoms with Gasteiger partial charge in [-0.05, 0) is 51.3 Å². The summed E-state index contributed by atoms with van der Waals surface area (Å²) in [5, 5.41) is 3.55. The van der Waals surface area contributed by atoms with Gasteiger partial charge < -0.3 is 9.47 Å². The Hall–Kier alpha value is -2.08. The molecule has 1 amide bonds. The number of carbonyl (C=O) groups is 1. The van der Waals surface area contributed by atoms with Crippen LogP contribution in [-0.2, 0) is 12.8 Å². The molecule has 1 N–H and O–H groups in total. The number of anilines is 1. The lowest BCUT2D eigenvalue weighted by Crippen LogP contribution is -2.12. The summed E-state index contributed by atoms with van der Waals surface area (Å²) in [4.78, 5) is 18.2. The Morgan fingerprint density at radius 2 is 2.00 bits per heavy atom. The number of hydrogen-bond acceptors (Lipinski definition) is 5. The molecule has 2 aromatic rings. The Labute approximate surface area is 139 Å². The molecule has 0 saturated heterocycles. The Kier molecular flexibility index (Phi) is 4.81. The number of amides is 1. The van der Waals surface area contributed by atoms with Crippen LogP contribution in [0.5, 0.6) is 11.5 Å². The lowest BCUT2D eigenvalue weighted by Gasteiger charge is -2.12. The van der Waals surface area contributed by atoms with Crippen molar-refractivity contribution in [1.29, 1.82) is 0 Å². The monoisotopic (exact) mass is 332 g/mol. The lowest BCUT2D eigenvalue weighted by molar-refractivity contribution is 0.102. The van der Waals surface area contributed by atoms with E-state index in [1.54, 1.807) is 29.5 Å². The fraction of sp³-hybridized carbons (Fsp3) is 0.412. The van der Waals surface area contributed by atoms with Crippen LogP contribution in [0.25, 0.3) is 0 Å². The van der Waals surface area contributed by atoms with E-state index in [1.165, 1.54) is 11.3 Å². The summed E-state index contributed by atoms with van der Waals surface area (Å²) in [6, 6.07) is 5.22. The van der Waals surface area contributed by atoms with Crippen molar-refractivity contribution in [3.8, 4) is 11.5 Å². The average molecular weight is 332 g/mol. The van der Waals surface area contributed by atoms with Crippen molar-refractivity contribution in [3.63, 3.8) is 0 Å². The minimum atomic E-state index is -0.179. The standard InChI is InChI=1S/C17H20N2O3S/c1-3-21-13-9-8-11(10-14(13)22-4-2)16(20)19-17-18-12-6-5-7-15(12)23-17/h8-10H,3-7H2,1-2H3,(H,18,19,20). The predicted molar refractivity (Wildman–Crippen MR) is 90.9 cm³/mol. The van der Waals surface area contributed by atoms with Gasteiger partial charge in [0.1, 0.15) is 0 Å². The number of nitrogens with zero attached hydrogens (tertiary/aromatic N) is 1. The first-order chi connectivity index (χ1) is 11.2. The maximum absolute atomic E-state index is 12.4. The van der Waals surface area contributed by atoms with E-state index in [0.29, 0.717) is 35.4 Å². The molecule has 1 aliphatic carbocycles. The molecule has 0 fully saturated rings. The van der Waals surface area contributed by atoms with Crippen molar-refractivity contribution in [2.45, 2.75) is 33.1 Å². The van der Waals surface area contributed by atoms with Crippen LogP contribution in [0.15, 0.2) is 18.2 Å². The number of rotatable bonds is 6. The highest BCUT2D eigenvalue weighted by atomic mass is 32.1. The summed E-state index contributed by atoms with van der Waals surface area (Å²) >= 11 is 1.57. The normalized spacial score (nSPS) is 12.8. The van der Waals surface area contributed by atoms with Gasteiger partial charge >= 0.3 is 0 Å². The molecule has 5 nitrogen and oxygen atoms in total. The molecule has 1 aromatic carbocycles. The first-order valence-corrected chi connectivity index (χ1v) is 8.72. The summed E-state index contributed by atoms with van der Waals surface area (Å²) in [6.45, 7) is 4.89. The molecule has 0 atom stereocenters. The predicted octanol–water partition coefficient (Wildman–Crippen LogP) is 3.68. The van der Waals surface area contributed by atoms with E-state index in [0.717, 1.165) is 18.5 Å². The number of thiazole rings is 1. The van der Waals surface area contributed by atoms with E-state index in [4.69, 9.17) is 9.47 Å². The summed E-state index contributed by atoms with van der Waals surface area (Å²) in [7, 11) is 0. The lowest BCUT2D eigenvalue weighted by atomic mass is 10.2. The minimum absolute atomic E-state index is 0.179.